The number of hydrogen-bond acceptors (Lipinski definition) is 3. The number of methoxy groups -OCH3 is 1. The Morgan fingerprint density at radius 2 is 1.88 bits per heavy atom. The molecule has 1 N–H and O–H groups in total. The van der Waals surface area contributed by atoms with Gasteiger partial charge in [0.05, 0.1) is 12.1 Å². The van der Waals surface area contributed by atoms with Gasteiger partial charge in [-0.1, -0.05) is 36.7 Å². The van der Waals surface area contributed by atoms with Crippen LogP contribution >= 0.6 is 24.0 Å². The zero-order chi connectivity index (χ0) is 18.4. The summed E-state index contributed by atoms with van der Waals surface area (Å²) in [4.78, 5) is 0. The molecule has 2 aromatic carbocycles. The summed E-state index contributed by atoms with van der Waals surface area (Å²) >= 11 is 6.38. The fourth-order valence-corrected chi connectivity index (χ4v) is 2.53. The molecule has 0 radical (unpaired) electrons. The van der Waals surface area contributed by atoms with Crippen LogP contribution in [0.2, 0.25) is 5.02 Å². The van der Waals surface area contributed by atoms with Crippen molar-refractivity contribution in [1.29, 1.82) is 0 Å². The van der Waals surface area contributed by atoms with Crippen molar-refractivity contribution in [1.82, 2.24) is 5.32 Å². The highest BCUT2D eigenvalue weighted by atomic mass is 35.5. The summed E-state index contributed by atoms with van der Waals surface area (Å²) in [5.74, 6) is 0.654. The van der Waals surface area contributed by atoms with Crippen molar-refractivity contribution >= 4 is 24.0 Å². The minimum Gasteiger partial charge on any atom is -0.493 e. The van der Waals surface area contributed by atoms with Crippen molar-refractivity contribution in [2.45, 2.75) is 45.9 Å². The van der Waals surface area contributed by atoms with E-state index in [4.69, 9.17) is 21.1 Å². The van der Waals surface area contributed by atoms with E-state index in [0.29, 0.717) is 28.6 Å². The first kappa shape index (κ1) is 22.6. The summed E-state index contributed by atoms with van der Waals surface area (Å²) in [6.07, 6.45) is 1.02. The molecule has 6 heteroatoms. The van der Waals surface area contributed by atoms with E-state index >= 15 is 0 Å². The van der Waals surface area contributed by atoms with E-state index in [1.54, 1.807) is 25.3 Å². The van der Waals surface area contributed by atoms with Gasteiger partial charge in [-0.15, -0.1) is 12.4 Å². The topological polar surface area (TPSA) is 30.5 Å². The smallest absolute Gasteiger partial charge is 0.180 e. The molecule has 0 aliphatic carbocycles. The minimum atomic E-state index is -0.305. The highest BCUT2D eigenvalue weighted by molar-refractivity contribution is 6.32. The first-order chi connectivity index (χ1) is 11.9. The lowest BCUT2D eigenvalue weighted by Crippen LogP contribution is -2.37. The highest BCUT2D eigenvalue weighted by Gasteiger charge is 2.16. The van der Waals surface area contributed by atoms with Crippen molar-refractivity contribution in [3.8, 4) is 11.5 Å². The van der Waals surface area contributed by atoms with Crippen LogP contribution in [0, 0.1) is 5.82 Å². The molecule has 0 unspecified atom stereocenters. The standard InChI is InChI=1S/C20H25ClFNO2.ClH/c1-5-20(2,3)23-12-14-10-16(21)19(18(11-14)24-4)25-13-15-8-6-7-9-17(15)22;/h6-11,23H,5,12-13H2,1-4H3;1H. The Kier molecular flexibility index (Phi) is 8.68. The molecule has 3 nitrogen and oxygen atoms in total. The Balaban J connectivity index is 0.00000338. The third-order valence-corrected chi connectivity index (χ3v) is 4.55. The first-order valence-corrected chi connectivity index (χ1v) is 8.71. The number of hydrogen-bond donors (Lipinski definition) is 1. The first-order valence-electron chi connectivity index (χ1n) is 8.34. The zero-order valence-electron chi connectivity index (χ0n) is 15.6. The number of halogens is 3. The molecule has 0 aliphatic heterocycles. The minimum absolute atomic E-state index is 0. The van der Waals surface area contributed by atoms with Gasteiger partial charge in [-0.25, -0.2) is 4.39 Å². The molecule has 26 heavy (non-hydrogen) atoms. The lowest BCUT2D eigenvalue weighted by atomic mass is 10.0. The van der Waals surface area contributed by atoms with Gasteiger partial charge in [0.1, 0.15) is 12.4 Å². The second-order valence-electron chi connectivity index (χ2n) is 6.58. The Hall–Kier alpha value is -1.49. The molecule has 2 aromatic rings. The zero-order valence-corrected chi connectivity index (χ0v) is 17.1. The average molecular weight is 402 g/mol. The van der Waals surface area contributed by atoms with Crippen LogP contribution in [0.4, 0.5) is 4.39 Å². The second-order valence-corrected chi connectivity index (χ2v) is 6.99. The van der Waals surface area contributed by atoms with Gasteiger partial charge in [0.2, 0.25) is 0 Å². The highest BCUT2D eigenvalue weighted by Crippen LogP contribution is 2.37. The van der Waals surface area contributed by atoms with E-state index in [9.17, 15) is 4.39 Å². The molecule has 0 fully saturated rings. The molecule has 0 heterocycles. The maximum atomic E-state index is 13.7. The fourth-order valence-electron chi connectivity index (χ4n) is 2.25. The lowest BCUT2D eigenvalue weighted by molar-refractivity contribution is 0.279. The number of nitrogens with one attached hydrogen (secondary N) is 1. The summed E-state index contributed by atoms with van der Waals surface area (Å²) in [6.45, 7) is 7.20. The fraction of sp³-hybridized carbons (Fsp3) is 0.400. The van der Waals surface area contributed by atoms with Gasteiger partial charge in [-0.05, 0) is 44.0 Å². The SMILES string of the molecule is CCC(C)(C)NCc1cc(Cl)c(OCc2ccccc2F)c(OC)c1.Cl. The van der Waals surface area contributed by atoms with Crippen LogP contribution in [0.25, 0.3) is 0 Å². The summed E-state index contributed by atoms with van der Waals surface area (Å²) in [5, 5.41) is 3.93. The van der Waals surface area contributed by atoms with Crippen LogP contribution in [0.1, 0.15) is 38.3 Å². The van der Waals surface area contributed by atoms with Crippen molar-refractivity contribution < 1.29 is 13.9 Å². The van der Waals surface area contributed by atoms with Crippen LogP contribution in [0.3, 0.4) is 0 Å². The van der Waals surface area contributed by atoms with E-state index in [0.717, 1.165) is 12.0 Å². The number of ether oxygens (including phenoxy) is 2. The van der Waals surface area contributed by atoms with Gasteiger partial charge >= 0.3 is 0 Å². The van der Waals surface area contributed by atoms with E-state index in [1.165, 1.54) is 6.07 Å². The molecular weight excluding hydrogens is 376 g/mol. The van der Waals surface area contributed by atoms with E-state index in [1.807, 2.05) is 12.1 Å². The van der Waals surface area contributed by atoms with Gasteiger partial charge in [0.25, 0.3) is 0 Å². The molecular formula is C20H26Cl2FNO2. The van der Waals surface area contributed by atoms with Gasteiger partial charge in [0.15, 0.2) is 11.5 Å². The molecule has 0 atom stereocenters. The second kappa shape index (κ2) is 10.0. The van der Waals surface area contributed by atoms with Crippen molar-refractivity contribution in [3.63, 3.8) is 0 Å². The van der Waals surface area contributed by atoms with Crippen LogP contribution in [-0.2, 0) is 13.2 Å². The maximum absolute atomic E-state index is 13.7. The van der Waals surface area contributed by atoms with Crippen LogP contribution in [0.5, 0.6) is 11.5 Å². The predicted octanol–water partition coefficient (Wildman–Crippen LogP) is 5.77. The Labute approximate surface area is 166 Å². The normalized spacial score (nSPS) is 11.0. The molecule has 0 aliphatic rings. The predicted molar refractivity (Wildman–Crippen MR) is 107 cm³/mol. The van der Waals surface area contributed by atoms with E-state index < -0.39 is 0 Å². The molecule has 0 spiro atoms. The summed E-state index contributed by atoms with van der Waals surface area (Å²) < 4.78 is 24.9. The number of rotatable bonds is 8. The average Bonchev–Trinajstić information content (AvgIpc) is 2.60. The largest absolute Gasteiger partial charge is 0.493 e. The van der Waals surface area contributed by atoms with Crippen LogP contribution < -0.4 is 14.8 Å². The summed E-state index contributed by atoms with van der Waals surface area (Å²) in [7, 11) is 1.56. The van der Waals surface area contributed by atoms with Crippen molar-refractivity contribution in [2.75, 3.05) is 7.11 Å². The van der Waals surface area contributed by atoms with Crippen LogP contribution in [0.15, 0.2) is 36.4 Å². The number of benzene rings is 2. The van der Waals surface area contributed by atoms with Gasteiger partial charge in [0, 0.05) is 17.6 Å². The molecule has 144 valence electrons. The monoisotopic (exact) mass is 401 g/mol. The Morgan fingerprint density at radius 1 is 1.19 bits per heavy atom. The van der Waals surface area contributed by atoms with Gasteiger partial charge in [-0.2, -0.15) is 0 Å². The van der Waals surface area contributed by atoms with Crippen LogP contribution in [-0.4, -0.2) is 12.6 Å². The Morgan fingerprint density at radius 3 is 2.50 bits per heavy atom. The molecule has 0 saturated heterocycles. The molecule has 0 aromatic heterocycles. The summed E-state index contributed by atoms with van der Waals surface area (Å²) in [6, 6.07) is 10.2. The Bertz CT molecular complexity index is 723. The third-order valence-electron chi connectivity index (χ3n) is 4.27. The maximum Gasteiger partial charge on any atom is 0.180 e. The lowest BCUT2D eigenvalue weighted by Gasteiger charge is -2.25. The van der Waals surface area contributed by atoms with E-state index in [-0.39, 0.29) is 30.4 Å². The van der Waals surface area contributed by atoms with Gasteiger partial charge < -0.3 is 14.8 Å². The quantitative estimate of drug-likeness (QED) is 0.608. The molecule has 2 rings (SSSR count). The van der Waals surface area contributed by atoms with Crippen molar-refractivity contribution in [2.24, 2.45) is 0 Å². The molecule has 0 saturated carbocycles. The molecule has 0 bridgehead atoms. The summed E-state index contributed by atoms with van der Waals surface area (Å²) in [5.41, 5.74) is 1.51. The van der Waals surface area contributed by atoms with Gasteiger partial charge in [-0.3, -0.25) is 0 Å². The molecule has 0 amide bonds. The van der Waals surface area contributed by atoms with Crippen molar-refractivity contribution in [3.05, 3.63) is 58.4 Å². The van der Waals surface area contributed by atoms with E-state index in [2.05, 4.69) is 26.1 Å². The third kappa shape index (κ3) is 6.04.